The van der Waals surface area contributed by atoms with E-state index < -0.39 is 0 Å². The average Bonchev–Trinajstić information content (AvgIpc) is 3.01. The van der Waals surface area contributed by atoms with Crippen LogP contribution in [0.4, 0.5) is 5.69 Å². The van der Waals surface area contributed by atoms with Crippen molar-refractivity contribution in [2.45, 2.75) is 6.54 Å². The first-order chi connectivity index (χ1) is 12.1. The van der Waals surface area contributed by atoms with Gasteiger partial charge in [0, 0.05) is 49.4 Å². The number of halogens is 1. The van der Waals surface area contributed by atoms with Crippen LogP contribution in [0.1, 0.15) is 10.4 Å². The van der Waals surface area contributed by atoms with E-state index >= 15 is 0 Å². The third-order valence-corrected chi connectivity index (χ3v) is 5.78. The Morgan fingerprint density at radius 1 is 1.24 bits per heavy atom. The number of benzene rings is 1. The van der Waals surface area contributed by atoms with E-state index in [0.717, 1.165) is 47.1 Å². The zero-order valence-corrected chi connectivity index (χ0v) is 16.6. The summed E-state index contributed by atoms with van der Waals surface area (Å²) in [5.74, 6) is -0.110. The van der Waals surface area contributed by atoms with Crippen molar-refractivity contribution in [1.29, 1.82) is 0 Å². The van der Waals surface area contributed by atoms with Crippen molar-refractivity contribution in [3.63, 3.8) is 0 Å². The molecule has 1 N–H and O–H groups in total. The number of carbonyl (C=O) groups is 1. The number of hydrogen-bond acceptors (Lipinski definition) is 4. The molecule has 2 aromatic rings. The van der Waals surface area contributed by atoms with Crippen LogP contribution < -0.4 is 5.32 Å². The number of thiophene rings is 1. The van der Waals surface area contributed by atoms with Crippen LogP contribution in [-0.2, 0) is 11.3 Å². The van der Waals surface area contributed by atoms with Gasteiger partial charge in [-0.25, -0.2) is 0 Å². The zero-order chi connectivity index (χ0) is 17.6. The van der Waals surface area contributed by atoms with Crippen molar-refractivity contribution < 1.29 is 4.79 Å². The number of nitrogens with zero attached hydrogens (tertiary/aromatic N) is 2. The fourth-order valence-corrected chi connectivity index (χ4v) is 4.10. The van der Waals surface area contributed by atoms with E-state index in [0.29, 0.717) is 0 Å². The van der Waals surface area contributed by atoms with Crippen LogP contribution in [-0.4, -0.2) is 48.9 Å². The summed E-state index contributed by atoms with van der Waals surface area (Å²) in [5.41, 5.74) is 2.07. The van der Waals surface area contributed by atoms with Crippen molar-refractivity contribution in [3.05, 3.63) is 56.7 Å². The molecule has 2 heterocycles. The molecule has 0 unspecified atom stereocenters. The van der Waals surface area contributed by atoms with Crippen LogP contribution in [0.3, 0.4) is 0 Å². The number of nitrogens with one attached hydrogen (secondary N) is 1. The highest BCUT2D eigenvalue weighted by atomic mass is 79.9. The Balaban J connectivity index is 1.55. The predicted octanol–water partition coefficient (Wildman–Crippen LogP) is 3.91. The number of likely N-dealkylation sites (N-methyl/N-ethyl adjacent to an activating group) is 1. The minimum Gasteiger partial charge on any atom is -0.323 e. The summed E-state index contributed by atoms with van der Waals surface area (Å²) in [6.07, 6.45) is 3.41. The predicted molar refractivity (Wildman–Crippen MR) is 109 cm³/mol. The van der Waals surface area contributed by atoms with Gasteiger partial charge in [0.05, 0.1) is 3.79 Å². The Kier molecular flexibility index (Phi) is 6.42. The molecule has 1 aromatic heterocycles. The molecule has 0 bridgehead atoms. The maximum Gasteiger partial charge on any atom is 0.248 e. The number of hydrogen-bond donors (Lipinski definition) is 1. The number of piperazine rings is 1. The summed E-state index contributed by atoms with van der Waals surface area (Å²) in [5, 5.41) is 2.94. The van der Waals surface area contributed by atoms with Gasteiger partial charge in [0.1, 0.15) is 0 Å². The normalized spacial score (nSPS) is 16.4. The van der Waals surface area contributed by atoms with Gasteiger partial charge in [0.2, 0.25) is 5.91 Å². The molecule has 0 radical (unpaired) electrons. The monoisotopic (exact) mass is 419 g/mol. The average molecular weight is 420 g/mol. The lowest BCUT2D eigenvalue weighted by molar-refractivity contribution is -0.111. The number of anilines is 1. The molecule has 1 fully saturated rings. The van der Waals surface area contributed by atoms with E-state index in [9.17, 15) is 4.79 Å². The highest BCUT2D eigenvalue weighted by molar-refractivity contribution is 9.11. The first kappa shape index (κ1) is 18.3. The first-order valence-corrected chi connectivity index (χ1v) is 9.94. The molecular formula is C19H22BrN3OS. The van der Waals surface area contributed by atoms with Gasteiger partial charge in [-0.3, -0.25) is 9.69 Å². The van der Waals surface area contributed by atoms with Crippen molar-refractivity contribution in [1.82, 2.24) is 9.80 Å². The van der Waals surface area contributed by atoms with Gasteiger partial charge in [-0.15, -0.1) is 11.3 Å². The SMILES string of the molecule is CN1CCN(Cc2cccc(NC(=O)/C=C/c3ccc(Br)s3)c2)CC1. The van der Waals surface area contributed by atoms with Gasteiger partial charge in [0.15, 0.2) is 0 Å². The lowest BCUT2D eigenvalue weighted by Crippen LogP contribution is -2.43. The molecular weight excluding hydrogens is 398 g/mol. The van der Waals surface area contributed by atoms with E-state index in [-0.39, 0.29) is 5.91 Å². The van der Waals surface area contributed by atoms with E-state index in [4.69, 9.17) is 0 Å². The van der Waals surface area contributed by atoms with Crippen molar-refractivity contribution in [3.8, 4) is 0 Å². The Hall–Kier alpha value is -1.47. The molecule has 6 heteroatoms. The minimum absolute atomic E-state index is 0.110. The third kappa shape index (κ3) is 5.78. The second-order valence-corrected chi connectivity index (χ2v) is 8.74. The van der Waals surface area contributed by atoms with E-state index in [2.05, 4.69) is 50.2 Å². The Labute approximate surface area is 161 Å². The molecule has 0 spiro atoms. The molecule has 0 atom stereocenters. The quantitative estimate of drug-likeness (QED) is 0.746. The molecule has 0 aliphatic carbocycles. The highest BCUT2D eigenvalue weighted by Gasteiger charge is 2.13. The summed E-state index contributed by atoms with van der Waals surface area (Å²) in [4.78, 5) is 18.0. The molecule has 1 saturated heterocycles. The van der Waals surface area contributed by atoms with Gasteiger partial charge < -0.3 is 10.2 Å². The van der Waals surface area contributed by atoms with Gasteiger partial charge in [0.25, 0.3) is 0 Å². The zero-order valence-electron chi connectivity index (χ0n) is 14.2. The molecule has 0 saturated carbocycles. The smallest absolute Gasteiger partial charge is 0.248 e. The number of carbonyl (C=O) groups excluding carboxylic acids is 1. The van der Waals surface area contributed by atoms with Crippen LogP contribution in [0.15, 0.2) is 46.3 Å². The summed E-state index contributed by atoms with van der Waals surface area (Å²) >= 11 is 5.02. The lowest BCUT2D eigenvalue weighted by atomic mass is 10.1. The number of rotatable bonds is 5. The van der Waals surface area contributed by atoms with Gasteiger partial charge in [-0.1, -0.05) is 12.1 Å². The van der Waals surface area contributed by atoms with E-state index in [1.54, 1.807) is 17.4 Å². The molecule has 3 rings (SSSR count). The third-order valence-electron chi connectivity index (χ3n) is 4.19. The molecule has 1 aromatic carbocycles. The van der Waals surface area contributed by atoms with Crippen LogP contribution in [0.2, 0.25) is 0 Å². The summed E-state index contributed by atoms with van der Waals surface area (Å²) in [6.45, 7) is 5.33. The van der Waals surface area contributed by atoms with Gasteiger partial charge in [-0.05, 0) is 58.9 Å². The largest absolute Gasteiger partial charge is 0.323 e. The second-order valence-electron chi connectivity index (χ2n) is 6.24. The van der Waals surface area contributed by atoms with E-state index in [1.165, 1.54) is 5.56 Å². The second kappa shape index (κ2) is 8.76. The minimum atomic E-state index is -0.110. The summed E-state index contributed by atoms with van der Waals surface area (Å²) in [6, 6.07) is 12.1. The fourth-order valence-electron chi connectivity index (χ4n) is 2.77. The first-order valence-electron chi connectivity index (χ1n) is 8.33. The topological polar surface area (TPSA) is 35.6 Å². The van der Waals surface area contributed by atoms with Crippen LogP contribution in [0.5, 0.6) is 0 Å². The maximum absolute atomic E-state index is 12.1. The summed E-state index contributed by atoms with van der Waals surface area (Å²) < 4.78 is 1.06. The van der Waals surface area contributed by atoms with Gasteiger partial charge in [-0.2, -0.15) is 0 Å². The summed E-state index contributed by atoms with van der Waals surface area (Å²) in [7, 11) is 2.16. The van der Waals surface area contributed by atoms with Crippen molar-refractivity contribution in [2.24, 2.45) is 0 Å². The Morgan fingerprint density at radius 3 is 2.76 bits per heavy atom. The van der Waals surface area contributed by atoms with Gasteiger partial charge >= 0.3 is 0 Å². The van der Waals surface area contributed by atoms with Crippen LogP contribution in [0.25, 0.3) is 6.08 Å². The van der Waals surface area contributed by atoms with Crippen molar-refractivity contribution >= 4 is 44.9 Å². The molecule has 132 valence electrons. The maximum atomic E-state index is 12.1. The van der Waals surface area contributed by atoms with Crippen LogP contribution >= 0.6 is 27.3 Å². The molecule has 25 heavy (non-hydrogen) atoms. The molecule has 1 aliphatic heterocycles. The highest BCUT2D eigenvalue weighted by Crippen LogP contribution is 2.23. The molecule has 1 aliphatic rings. The van der Waals surface area contributed by atoms with E-state index in [1.807, 2.05) is 30.3 Å². The molecule has 1 amide bonds. The van der Waals surface area contributed by atoms with Crippen molar-refractivity contribution in [2.75, 3.05) is 38.5 Å². The lowest BCUT2D eigenvalue weighted by Gasteiger charge is -2.32. The Bertz CT molecular complexity index is 751. The van der Waals surface area contributed by atoms with Crippen LogP contribution in [0, 0.1) is 0 Å². The molecule has 4 nitrogen and oxygen atoms in total. The fraction of sp³-hybridized carbons (Fsp3) is 0.316. The standard InChI is InChI=1S/C19H22BrN3OS/c1-22-9-11-23(12-10-22)14-15-3-2-4-16(13-15)21-19(24)8-6-17-5-7-18(20)25-17/h2-8,13H,9-12,14H2,1H3,(H,21,24)/b8-6+. The Morgan fingerprint density at radius 2 is 2.04 bits per heavy atom. The number of amides is 1.